The Hall–Kier alpha value is -1.51. The summed E-state index contributed by atoms with van der Waals surface area (Å²) in [7, 11) is 0. The van der Waals surface area contributed by atoms with E-state index in [4.69, 9.17) is 10.5 Å². The molecular weight excluding hydrogens is 190 g/mol. The predicted molar refractivity (Wildman–Crippen MR) is 60.5 cm³/mol. The number of anilines is 1. The number of esters is 1. The summed E-state index contributed by atoms with van der Waals surface area (Å²) in [6.07, 6.45) is 0.162. The lowest BCUT2D eigenvalue weighted by Gasteiger charge is -2.09. The summed E-state index contributed by atoms with van der Waals surface area (Å²) in [5.74, 6) is -0.234. The lowest BCUT2D eigenvalue weighted by molar-refractivity contribution is -0.146. The first kappa shape index (κ1) is 11.6. The van der Waals surface area contributed by atoms with Crippen LogP contribution in [0.5, 0.6) is 0 Å². The van der Waals surface area contributed by atoms with Crippen molar-refractivity contribution in [2.24, 2.45) is 0 Å². The van der Waals surface area contributed by atoms with Crippen molar-refractivity contribution in [2.45, 2.75) is 33.3 Å². The van der Waals surface area contributed by atoms with Crippen LogP contribution >= 0.6 is 0 Å². The van der Waals surface area contributed by atoms with Gasteiger partial charge in [0.25, 0.3) is 0 Å². The van der Waals surface area contributed by atoms with E-state index in [2.05, 4.69) is 0 Å². The SMILES string of the molecule is Cc1ccc(N)c(CC(=O)OC(C)C)c1. The molecule has 0 aliphatic heterocycles. The summed E-state index contributed by atoms with van der Waals surface area (Å²) in [5, 5.41) is 0. The minimum absolute atomic E-state index is 0.0801. The molecule has 1 rings (SSSR count). The van der Waals surface area contributed by atoms with Crippen LogP contribution < -0.4 is 5.73 Å². The highest BCUT2D eigenvalue weighted by Crippen LogP contribution is 2.15. The second-order valence-corrected chi connectivity index (χ2v) is 3.92. The van der Waals surface area contributed by atoms with Gasteiger partial charge in [-0.1, -0.05) is 17.7 Å². The molecule has 2 N–H and O–H groups in total. The number of rotatable bonds is 3. The van der Waals surface area contributed by atoms with Crippen molar-refractivity contribution < 1.29 is 9.53 Å². The summed E-state index contributed by atoms with van der Waals surface area (Å²) in [5.41, 5.74) is 8.33. The highest BCUT2D eigenvalue weighted by molar-refractivity contribution is 5.75. The van der Waals surface area contributed by atoms with Crippen molar-refractivity contribution in [2.75, 3.05) is 5.73 Å². The molecule has 0 fully saturated rings. The Morgan fingerprint density at radius 2 is 2.13 bits per heavy atom. The molecule has 0 aliphatic rings. The maximum Gasteiger partial charge on any atom is 0.310 e. The van der Waals surface area contributed by atoms with Crippen LogP contribution in [0.3, 0.4) is 0 Å². The van der Waals surface area contributed by atoms with Crippen molar-refractivity contribution in [1.82, 2.24) is 0 Å². The number of ether oxygens (including phenoxy) is 1. The zero-order chi connectivity index (χ0) is 11.4. The normalized spacial score (nSPS) is 10.4. The number of nitrogen functional groups attached to an aromatic ring is 1. The van der Waals surface area contributed by atoms with Crippen LogP contribution in [0.15, 0.2) is 18.2 Å². The van der Waals surface area contributed by atoms with Crippen LogP contribution in [0.2, 0.25) is 0 Å². The summed E-state index contributed by atoms with van der Waals surface area (Å²) < 4.78 is 5.05. The van der Waals surface area contributed by atoms with Gasteiger partial charge >= 0.3 is 5.97 Å². The third-order valence-corrected chi connectivity index (χ3v) is 2.00. The van der Waals surface area contributed by atoms with E-state index in [9.17, 15) is 4.79 Å². The van der Waals surface area contributed by atoms with E-state index in [0.29, 0.717) is 5.69 Å². The van der Waals surface area contributed by atoms with Gasteiger partial charge in [-0.3, -0.25) is 4.79 Å². The molecule has 0 atom stereocenters. The molecule has 0 bridgehead atoms. The highest BCUT2D eigenvalue weighted by atomic mass is 16.5. The number of carbonyl (C=O) groups excluding carboxylic acids is 1. The molecule has 0 radical (unpaired) electrons. The van der Waals surface area contributed by atoms with Crippen LogP contribution in [0.1, 0.15) is 25.0 Å². The lowest BCUT2D eigenvalue weighted by atomic mass is 10.1. The van der Waals surface area contributed by atoms with E-state index in [1.54, 1.807) is 0 Å². The van der Waals surface area contributed by atoms with Crippen molar-refractivity contribution in [1.29, 1.82) is 0 Å². The smallest absolute Gasteiger partial charge is 0.310 e. The van der Waals surface area contributed by atoms with Crippen LogP contribution in [-0.2, 0) is 16.0 Å². The van der Waals surface area contributed by atoms with E-state index < -0.39 is 0 Å². The Morgan fingerprint density at radius 1 is 1.47 bits per heavy atom. The fourth-order valence-corrected chi connectivity index (χ4v) is 1.35. The fraction of sp³-hybridized carbons (Fsp3) is 0.417. The standard InChI is InChI=1S/C12H17NO2/c1-8(2)15-12(14)7-10-6-9(3)4-5-11(10)13/h4-6,8H,7,13H2,1-3H3. The summed E-state index contributed by atoms with van der Waals surface area (Å²) in [6.45, 7) is 5.63. The number of hydrogen-bond acceptors (Lipinski definition) is 3. The van der Waals surface area contributed by atoms with Gasteiger partial charge in [0, 0.05) is 5.69 Å². The van der Waals surface area contributed by atoms with Crippen LogP contribution in [0, 0.1) is 6.92 Å². The van der Waals surface area contributed by atoms with Crippen LogP contribution in [0.4, 0.5) is 5.69 Å². The first-order chi connectivity index (χ1) is 6.99. The van der Waals surface area contributed by atoms with Gasteiger partial charge in [-0.05, 0) is 32.4 Å². The van der Waals surface area contributed by atoms with E-state index in [-0.39, 0.29) is 18.5 Å². The van der Waals surface area contributed by atoms with Gasteiger partial charge in [0.1, 0.15) is 0 Å². The summed E-state index contributed by atoms with van der Waals surface area (Å²) in [4.78, 5) is 11.4. The fourth-order valence-electron chi connectivity index (χ4n) is 1.35. The minimum Gasteiger partial charge on any atom is -0.463 e. The Kier molecular flexibility index (Phi) is 3.72. The zero-order valence-electron chi connectivity index (χ0n) is 9.41. The predicted octanol–water partition coefficient (Wildman–Crippen LogP) is 2.07. The number of hydrogen-bond donors (Lipinski definition) is 1. The van der Waals surface area contributed by atoms with Crippen molar-refractivity contribution in [3.8, 4) is 0 Å². The van der Waals surface area contributed by atoms with Crippen LogP contribution in [0.25, 0.3) is 0 Å². The van der Waals surface area contributed by atoms with Gasteiger partial charge in [0.05, 0.1) is 12.5 Å². The summed E-state index contributed by atoms with van der Waals surface area (Å²) >= 11 is 0. The monoisotopic (exact) mass is 207 g/mol. The quantitative estimate of drug-likeness (QED) is 0.609. The third-order valence-electron chi connectivity index (χ3n) is 2.00. The average Bonchev–Trinajstić information content (AvgIpc) is 2.10. The Labute approximate surface area is 90.2 Å². The molecule has 0 heterocycles. The molecule has 0 saturated carbocycles. The molecule has 0 aliphatic carbocycles. The van der Waals surface area contributed by atoms with Gasteiger partial charge in [-0.25, -0.2) is 0 Å². The molecule has 82 valence electrons. The van der Waals surface area contributed by atoms with Crippen molar-refractivity contribution in [3.05, 3.63) is 29.3 Å². The Morgan fingerprint density at radius 3 is 2.73 bits per heavy atom. The van der Waals surface area contributed by atoms with Gasteiger partial charge in [-0.2, -0.15) is 0 Å². The zero-order valence-corrected chi connectivity index (χ0v) is 9.41. The Bertz CT molecular complexity index is 359. The molecule has 0 saturated heterocycles. The van der Waals surface area contributed by atoms with Gasteiger partial charge in [-0.15, -0.1) is 0 Å². The molecule has 1 aromatic rings. The largest absolute Gasteiger partial charge is 0.463 e. The molecule has 15 heavy (non-hydrogen) atoms. The number of nitrogens with two attached hydrogens (primary N) is 1. The van der Waals surface area contributed by atoms with E-state index in [1.165, 1.54) is 0 Å². The molecule has 0 spiro atoms. The maximum absolute atomic E-state index is 11.4. The Balaban J connectivity index is 2.71. The lowest BCUT2D eigenvalue weighted by Crippen LogP contribution is -2.14. The molecule has 0 unspecified atom stereocenters. The maximum atomic E-state index is 11.4. The molecule has 0 aromatic heterocycles. The van der Waals surface area contributed by atoms with Crippen molar-refractivity contribution >= 4 is 11.7 Å². The first-order valence-electron chi connectivity index (χ1n) is 5.03. The van der Waals surface area contributed by atoms with Gasteiger partial charge < -0.3 is 10.5 Å². The molecule has 3 nitrogen and oxygen atoms in total. The van der Waals surface area contributed by atoms with E-state index in [1.807, 2.05) is 39.0 Å². The molecule has 0 amide bonds. The minimum atomic E-state index is -0.234. The van der Waals surface area contributed by atoms with Gasteiger partial charge in [0.15, 0.2) is 0 Å². The number of aryl methyl sites for hydroxylation is 1. The molecular formula is C12H17NO2. The molecule has 3 heteroatoms. The van der Waals surface area contributed by atoms with Crippen molar-refractivity contribution in [3.63, 3.8) is 0 Å². The van der Waals surface area contributed by atoms with Crippen LogP contribution in [-0.4, -0.2) is 12.1 Å². The summed E-state index contributed by atoms with van der Waals surface area (Å²) in [6, 6.07) is 5.65. The third kappa shape index (κ3) is 3.62. The van der Waals surface area contributed by atoms with E-state index >= 15 is 0 Å². The average molecular weight is 207 g/mol. The number of carbonyl (C=O) groups is 1. The second-order valence-electron chi connectivity index (χ2n) is 3.92. The van der Waals surface area contributed by atoms with E-state index in [0.717, 1.165) is 11.1 Å². The number of benzene rings is 1. The topological polar surface area (TPSA) is 52.3 Å². The first-order valence-corrected chi connectivity index (χ1v) is 5.03. The molecule has 1 aromatic carbocycles. The van der Waals surface area contributed by atoms with Gasteiger partial charge in [0.2, 0.25) is 0 Å². The highest BCUT2D eigenvalue weighted by Gasteiger charge is 2.09. The second kappa shape index (κ2) is 4.82.